The maximum atomic E-state index is 11.5. The van der Waals surface area contributed by atoms with Crippen LogP contribution in [-0.4, -0.2) is 21.4 Å². The Kier molecular flexibility index (Phi) is 3.01. The van der Waals surface area contributed by atoms with Gasteiger partial charge in [-0.15, -0.1) is 0 Å². The molecule has 0 unspecified atom stereocenters. The molecule has 2 rings (SSSR count). The summed E-state index contributed by atoms with van der Waals surface area (Å²) in [6.07, 6.45) is 1.02. The molecule has 0 fully saturated rings. The maximum absolute atomic E-state index is 11.5. The standard InChI is InChI=1S/C12H12N3O3/c1-7-3-9(14-11(17)4-8(2)16)5-10-12(7)15(18)6-13-10/h3,5-6H,4H2,1-2H3,(H,14,17)/q-1. The molecule has 0 aliphatic carbocycles. The molecular weight excluding hydrogens is 234 g/mol. The molecule has 0 saturated heterocycles. The van der Waals surface area contributed by atoms with E-state index in [1.165, 1.54) is 13.3 Å². The van der Waals surface area contributed by atoms with Crippen molar-refractivity contribution in [2.45, 2.75) is 20.3 Å². The third-order valence-corrected chi connectivity index (χ3v) is 2.50. The number of amides is 1. The SMILES string of the molecule is CC(=O)CC(=O)Nc1cc(C)c2c(c1)ncn2[O-]. The van der Waals surface area contributed by atoms with Gasteiger partial charge in [-0.25, -0.2) is 4.98 Å². The molecule has 0 spiro atoms. The van der Waals surface area contributed by atoms with Gasteiger partial charge >= 0.3 is 0 Å². The van der Waals surface area contributed by atoms with Crippen molar-refractivity contribution in [3.63, 3.8) is 0 Å². The van der Waals surface area contributed by atoms with Crippen molar-refractivity contribution >= 4 is 28.4 Å². The van der Waals surface area contributed by atoms with Gasteiger partial charge in [0.1, 0.15) is 5.78 Å². The van der Waals surface area contributed by atoms with Crippen LogP contribution in [0.5, 0.6) is 0 Å². The molecule has 1 amide bonds. The minimum absolute atomic E-state index is 0.160. The monoisotopic (exact) mass is 246 g/mol. The van der Waals surface area contributed by atoms with E-state index < -0.39 is 0 Å². The zero-order valence-electron chi connectivity index (χ0n) is 10.1. The lowest BCUT2D eigenvalue weighted by atomic mass is 10.1. The van der Waals surface area contributed by atoms with E-state index in [0.29, 0.717) is 21.5 Å². The summed E-state index contributed by atoms with van der Waals surface area (Å²) in [5.41, 5.74) is 2.26. The number of imidazole rings is 1. The average Bonchev–Trinajstić information content (AvgIpc) is 2.58. The molecular formula is C12H12N3O3-. The molecule has 6 heteroatoms. The second-order valence-electron chi connectivity index (χ2n) is 4.16. The lowest BCUT2D eigenvalue weighted by Gasteiger charge is -2.10. The molecule has 6 nitrogen and oxygen atoms in total. The number of carbonyl (C=O) groups excluding carboxylic acids is 2. The Labute approximate surface area is 103 Å². The van der Waals surface area contributed by atoms with Crippen LogP contribution >= 0.6 is 0 Å². The van der Waals surface area contributed by atoms with E-state index in [2.05, 4.69) is 10.3 Å². The molecule has 0 saturated carbocycles. The summed E-state index contributed by atoms with van der Waals surface area (Å²) in [6, 6.07) is 3.28. The van der Waals surface area contributed by atoms with Gasteiger partial charge in [0.25, 0.3) is 0 Å². The van der Waals surface area contributed by atoms with Gasteiger partial charge in [0.15, 0.2) is 0 Å². The number of aromatic nitrogens is 2. The summed E-state index contributed by atoms with van der Waals surface area (Å²) in [6.45, 7) is 3.12. The van der Waals surface area contributed by atoms with Crippen molar-refractivity contribution in [1.29, 1.82) is 0 Å². The Morgan fingerprint density at radius 1 is 1.44 bits per heavy atom. The van der Waals surface area contributed by atoms with Gasteiger partial charge in [0.2, 0.25) is 5.91 Å². The van der Waals surface area contributed by atoms with E-state index in [9.17, 15) is 14.8 Å². The Morgan fingerprint density at radius 3 is 2.83 bits per heavy atom. The fourth-order valence-corrected chi connectivity index (χ4v) is 1.82. The summed E-state index contributed by atoms with van der Waals surface area (Å²) in [5, 5.41) is 14.0. The number of Topliss-reactive ketones (excluding diaryl/α,β-unsaturated/α-hetero) is 1. The molecule has 0 bridgehead atoms. The molecule has 94 valence electrons. The highest BCUT2D eigenvalue weighted by Crippen LogP contribution is 2.22. The van der Waals surface area contributed by atoms with Crippen molar-refractivity contribution in [1.82, 2.24) is 9.71 Å². The first-order valence-corrected chi connectivity index (χ1v) is 5.42. The van der Waals surface area contributed by atoms with E-state index in [4.69, 9.17) is 0 Å². The van der Waals surface area contributed by atoms with E-state index in [1.54, 1.807) is 19.1 Å². The molecule has 1 aromatic heterocycles. The molecule has 18 heavy (non-hydrogen) atoms. The fourth-order valence-electron chi connectivity index (χ4n) is 1.82. The predicted octanol–water partition coefficient (Wildman–Crippen LogP) is 1.61. The Balaban J connectivity index is 2.30. The van der Waals surface area contributed by atoms with Gasteiger partial charge in [-0.1, -0.05) is 0 Å². The highest BCUT2D eigenvalue weighted by Gasteiger charge is 2.08. The lowest BCUT2D eigenvalue weighted by molar-refractivity contribution is -0.124. The van der Waals surface area contributed by atoms with Gasteiger partial charge in [0, 0.05) is 5.69 Å². The summed E-state index contributed by atoms with van der Waals surface area (Å²) in [4.78, 5) is 26.2. The highest BCUT2D eigenvalue weighted by molar-refractivity contribution is 6.04. The van der Waals surface area contributed by atoms with Gasteiger partial charge < -0.3 is 15.3 Å². The number of hydrogen-bond donors (Lipinski definition) is 1. The maximum Gasteiger partial charge on any atom is 0.231 e. The summed E-state index contributed by atoms with van der Waals surface area (Å²) in [7, 11) is 0. The number of benzene rings is 1. The van der Waals surface area contributed by atoms with Gasteiger partial charge in [-0.3, -0.25) is 9.59 Å². The van der Waals surface area contributed by atoms with E-state index in [-0.39, 0.29) is 18.1 Å². The number of carbonyl (C=O) groups is 2. The molecule has 0 aliphatic rings. The topological polar surface area (TPSA) is 87.0 Å². The summed E-state index contributed by atoms with van der Waals surface area (Å²) in [5.74, 6) is -0.572. The zero-order chi connectivity index (χ0) is 13.3. The molecule has 0 aliphatic heterocycles. The largest absolute Gasteiger partial charge is 0.805 e. The number of anilines is 1. The normalized spacial score (nSPS) is 10.6. The predicted molar refractivity (Wildman–Crippen MR) is 67.2 cm³/mol. The van der Waals surface area contributed by atoms with Crippen molar-refractivity contribution in [3.05, 3.63) is 29.2 Å². The number of nitrogens with zero attached hydrogens (tertiary/aromatic N) is 2. The number of nitrogens with one attached hydrogen (secondary N) is 1. The first kappa shape index (κ1) is 12.1. The molecule has 1 heterocycles. The van der Waals surface area contributed by atoms with Crippen molar-refractivity contribution in [3.8, 4) is 0 Å². The first-order valence-electron chi connectivity index (χ1n) is 5.42. The van der Waals surface area contributed by atoms with Crippen LogP contribution in [-0.2, 0) is 9.59 Å². The Morgan fingerprint density at radius 2 is 2.17 bits per heavy atom. The molecule has 1 N–H and O–H groups in total. The van der Waals surface area contributed by atoms with E-state index >= 15 is 0 Å². The minimum Gasteiger partial charge on any atom is -0.805 e. The number of rotatable bonds is 3. The average molecular weight is 246 g/mol. The number of hydrogen-bond acceptors (Lipinski definition) is 4. The van der Waals surface area contributed by atoms with Crippen LogP contribution in [0, 0.1) is 12.1 Å². The van der Waals surface area contributed by atoms with E-state index in [1.807, 2.05) is 0 Å². The minimum atomic E-state index is -0.372. The number of aryl methyl sites for hydroxylation is 1. The van der Waals surface area contributed by atoms with Crippen LogP contribution in [0.2, 0.25) is 0 Å². The van der Waals surface area contributed by atoms with Crippen LogP contribution in [0.4, 0.5) is 5.69 Å². The molecule has 0 atom stereocenters. The molecule has 1 aromatic carbocycles. The smallest absolute Gasteiger partial charge is 0.231 e. The molecule has 0 radical (unpaired) electrons. The van der Waals surface area contributed by atoms with Crippen LogP contribution in [0.1, 0.15) is 18.9 Å². The van der Waals surface area contributed by atoms with Crippen LogP contribution < -0.4 is 5.32 Å². The Bertz CT molecular complexity index is 631. The third-order valence-electron chi connectivity index (χ3n) is 2.50. The van der Waals surface area contributed by atoms with Crippen LogP contribution in [0.3, 0.4) is 0 Å². The second-order valence-corrected chi connectivity index (χ2v) is 4.16. The summed E-state index contributed by atoms with van der Waals surface area (Å²) >= 11 is 0. The van der Waals surface area contributed by atoms with E-state index in [0.717, 1.165) is 5.56 Å². The number of fused-ring (bicyclic) bond motifs is 1. The Hall–Kier alpha value is -2.37. The third kappa shape index (κ3) is 2.32. The van der Waals surface area contributed by atoms with Gasteiger partial charge in [0.05, 0.1) is 23.8 Å². The van der Waals surface area contributed by atoms with Gasteiger partial charge in [-0.05, 0) is 31.5 Å². The summed E-state index contributed by atoms with van der Waals surface area (Å²) < 4.78 is 0.686. The van der Waals surface area contributed by atoms with Crippen LogP contribution in [0.15, 0.2) is 18.5 Å². The molecule has 2 aromatic rings. The van der Waals surface area contributed by atoms with Crippen molar-refractivity contribution < 1.29 is 9.59 Å². The van der Waals surface area contributed by atoms with Crippen molar-refractivity contribution in [2.24, 2.45) is 0 Å². The quantitative estimate of drug-likeness (QED) is 0.833. The fraction of sp³-hybridized carbons (Fsp3) is 0.250. The zero-order valence-corrected chi connectivity index (χ0v) is 10.1. The van der Waals surface area contributed by atoms with Crippen LogP contribution in [0.25, 0.3) is 11.0 Å². The first-order chi connectivity index (χ1) is 8.47. The lowest BCUT2D eigenvalue weighted by Crippen LogP contribution is -2.14. The number of ketones is 1. The second kappa shape index (κ2) is 4.48. The highest BCUT2D eigenvalue weighted by atomic mass is 16.5. The van der Waals surface area contributed by atoms with Crippen molar-refractivity contribution in [2.75, 3.05) is 5.32 Å². The van der Waals surface area contributed by atoms with Gasteiger partial charge in [-0.2, -0.15) is 0 Å².